The summed E-state index contributed by atoms with van der Waals surface area (Å²) in [5, 5.41) is 3.77. The maximum absolute atomic E-state index is 12.5. The Hall–Kier alpha value is -2.25. The van der Waals surface area contributed by atoms with Crippen LogP contribution in [-0.4, -0.2) is 14.8 Å². The van der Waals surface area contributed by atoms with Gasteiger partial charge >= 0.3 is 6.18 Å². The molecule has 18 heavy (non-hydrogen) atoms. The molecule has 0 spiro atoms. The van der Waals surface area contributed by atoms with Crippen LogP contribution in [0.4, 0.5) is 25.1 Å². The normalized spacial score (nSPS) is 11.7. The maximum atomic E-state index is 12.5. The second kappa shape index (κ2) is 4.21. The summed E-state index contributed by atoms with van der Waals surface area (Å²) in [6.45, 7) is 0.0833. The zero-order valence-corrected chi connectivity index (χ0v) is 9.15. The molecule has 0 amide bonds. The van der Waals surface area contributed by atoms with E-state index in [1.807, 2.05) is 0 Å². The lowest BCUT2D eigenvalue weighted by Gasteiger charge is -2.09. The number of aromatic nitrogens is 3. The molecule has 0 aliphatic rings. The Morgan fingerprint density at radius 3 is 2.50 bits per heavy atom. The van der Waals surface area contributed by atoms with Crippen molar-refractivity contribution >= 4 is 11.9 Å². The first-order valence-corrected chi connectivity index (χ1v) is 4.98. The van der Waals surface area contributed by atoms with Crippen LogP contribution in [0.2, 0.25) is 0 Å². The van der Waals surface area contributed by atoms with Crippen LogP contribution in [0.25, 0.3) is 0 Å². The molecule has 5 nitrogen and oxygen atoms in total. The van der Waals surface area contributed by atoms with Crippen molar-refractivity contribution in [2.75, 3.05) is 11.5 Å². The molecule has 0 bridgehead atoms. The Balaban J connectivity index is 2.27. The van der Waals surface area contributed by atoms with Crippen molar-refractivity contribution in [3.8, 4) is 0 Å². The number of hydrogen-bond donors (Lipinski definition) is 2. The Kier molecular flexibility index (Phi) is 2.85. The molecule has 1 heterocycles. The number of nitrogen functional groups attached to an aromatic ring is 2. The molecule has 96 valence electrons. The minimum absolute atomic E-state index is 0.0144. The molecule has 0 unspecified atom stereocenters. The number of rotatable bonds is 2. The van der Waals surface area contributed by atoms with Gasteiger partial charge in [-0.15, -0.1) is 5.10 Å². The smallest absolute Gasteiger partial charge is 0.368 e. The van der Waals surface area contributed by atoms with E-state index in [4.69, 9.17) is 11.5 Å². The lowest BCUT2D eigenvalue weighted by Crippen LogP contribution is -2.09. The van der Waals surface area contributed by atoms with Gasteiger partial charge in [-0.1, -0.05) is 12.1 Å². The molecule has 4 N–H and O–H groups in total. The van der Waals surface area contributed by atoms with Crippen LogP contribution in [-0.2, 0) is 12.7 Å². The molecular weight excluding hydrogens is 247 g/mol. The van der Waals surface area contributed by atoms with Crippen molar-refractivity contribution in [2.45, 2.75) is 12.7 Å². The number of nitrogens with zero attached hydrogens (tertiary/aromatic N) is 3. The minimum atomic E-state index is -4.37. The molecule has 0 radical (unpaired) electrons. The molecule has 0 aliphatic carbocycles. The average molecular weight is 257 g/mol. The molecule has 2 aromatic rings. The fourth-order valence-corrected chi connectivity index (χ4v) is 1.51. The van der Waals surface area contributed by atoms with Gasteiger partial charge < -0.3 is 11.5 Å². The molecule has 0 atom stereocenters. The third-order valence-electron chi connectivity index (χ3n) is 2.30. The van der Waals surface area contributed by atoms with Crippen LogP contribution in [0, 0.1) is 0 Å². The summed E-state index contributed by atoms with van der Waals surface area (Å²) in [7, 11) is 0. The van der Waals surface area contributed by atoms with E-state index in [2.05, 4.69) is 10.1 Å². The van der Waals surface area contributed by atoms with E-state index >= 15 is 0 Å². The van der Waals surface area contributed by atoms with Crippen molar-refractivity contribution in [3.63, 3.8) is 0 Å². The number of anilines is 2. The molecule has 0 saturated heterocycles. The highest BCUT2D eigenvalue weighted by molar-refractivity contribution is 5.30. The maximum Gasteiger partial charge on any atom is 0.416 e. The largest absolute Gasteiger partial charge is 0.416 e. The number of benzene rings is 1. The van der Waals surface area contributed by atoms with Crippen LogP contribution >= 0.6 is 0 Å². The van der Waals surface area contributed by atoms with Gasteiger partial charge in [0.25, 0.3) is 0 Å². The first-order chi connectivity index (χ1) is 8.36. The van der Waals surface area contributed by atoms with Gasteiger partial charge in [0, 0.05) is 0 Å². The lowest BCUT2D eigenvalue weighted by molar-refractivity contribution is -0.137. The van der Waals surface area contributed by atoms with E-state index in [1.165, 1.54) is 10.7 Å². The van der Waals surface area contributed by atoms with E-state index in [9.17, 15) is 13.2 Å². The van der Waals surface area contributed by atoms with Crippen LogP contribution in [0.3, 0.4) is 0 Å². The molecule has 8 heteroatoms. The van der Waals surface area contributed by atoms with Gasteiger partial charge in [0.2, 0.25) is 11.9 Å². The van der Waals surface area contributed by atoms with Crippen LogP contribution < -0.4 is 11.5 Å². The topological polar surface area (TPSA) is 82.7 Å². The van der Waals surface area contributed by atoms with Gasteiger partial charge in [-0.05, 0) is 17.7 Å². The zero-order chi connectivity index (χ0) is 13.3. The van der Waals surface area contributed by atoms with Crippen molar-refractivity contribution < 1.29 is 13.2 Å². The summed E-state index contributed by atoms with van der Waals surface area (Å²) in [6, 6.07) is 4.92. The van der Waals surface area contributed by atoms with Gasteiger partial charge in [0.1, 0.15) is 0 Å². The second-order valence-corrected chi connectivity index (χ2v) is 3.68. The lowest BCUT2D eigenvalue weighted by atomic mass is 10.1. The summed E-state index contributed by atoms with van der Waals surface area (Å²) in [4.78, 5) is 3.66. The fraction of sp³-hybridized carbons (Fsp3) is 0.200. The SMILES string of the molecule is Nc1nc(N)n(Cc2cccc(C(F)(F)F)c2)n1. The summed E-state index contributed by atoms with van der Waals surface area (Å²) in [5.74, 6) is 0.0457. The molecule has 1 aromatic carbocycles. The fourth-order valence-electron chi connectivity index (χ4n) is 1.51. The predicted molar refractivity (Wildman–Crippen MR) is 59.4 cm³/mol. The van der Waals surface area contributed by atoms with Crippen LogP contribution in [0.5, 0.6) is 0 Å². The highest BCUT2D eigenvalue weighted by Crippen LogP contribution is 2.29. The molecule has 2 rings (SSSR count). The van der Waals surface area contributed by atoms with E-state index < -0.39 is 11.7 Å². The van der Waals surface area contributed by atoms with Crippen molar-refractivity contribution in [1.29, 1.82) is 0 Å². The van der Waals surface area contributed by atoms with E-state index in [1.54, 1.807) is 6.07 Å². The molecule has 0 saturated carbocycles. The first-order valence-electron chi connectivity index (χ1n) is 4.98. The number of hydrogen-bond acceptors (Lipinski definition) is 4. The third kappa shape index (κ3) is 2.53. The van der Waals surface area contributed by atoms with Crippen LogP contribution in [0.15, 0.2) is 24.3 Å². The second-order valence-electron chi connectivity index (χ2n) is 3.68. The van der Waals surface area contributed by atoms with Gasteiger partial charge in [0.05, 0.1) is 12.1 Å². The summed E-state index contributed by atoms with van der Waals surface area (Å²) >= 11 is 0. The van der Waals surface area contributed by atoms with Gasteiger partial charge in [0.15, 0.2) is 0 Å². The first kappa shape index (κ1) is 12.2. The summed E-state index contributed by atoms with van der Waals surface area (Å²) in [5.41, 5.74) is 10.5. The number of halogens is 3. The number of nitrogens with two attached hydrogens (primary N) is 2. The van der Waals surface area contributed by atoms with Crippen LogP contribution in [0.1, 0.15) is 11.1 Å². The monoisotopic (exact) mass is 257 g/mol. The third-order valence-corrected chi connectivity index (χ3v) is 2.30. The Morgan fingerprint density at radius 2 is 1.94 bits per heavy atom. The molecule has 0 aliphatic heterocycles. The summed E-state index contributed by atoms with van der Waals surface area (Å²) in [6.07, 6.45) is -4.37. The van der Waals surface area contributed by atoms with E-state index in [-0.39, 0.29) is 18.4 Å². The van der Waals surface area contributed by atoms with Crippen molar-refractivity contribution in [1.82, 2.24) is 14.8 Å². The van der Waals surface area contributed by atoms with Gasteiger partial charge in [-0.25, -0.2) is 4.68 Å². The predicted octanol–water partition coefficient (Wildman–Crippen LogP) is 1.51. The molecule has 0 fully saturated rings. The van der Waals surface area contributed by atoms with Crippen molar-refractivity contribution in [3.05, 3.63) is 35.4 Å². The minimum Gasteiger partial charge on any atom is -0.368 e. The van der Waals surface area contributed by atoms with Gasteiger partial charge in [-0.2, -0.15) is 18.2 Å². The Bertz CT molecular complexity index is 561. The van der Waals surface area contributed by atoms with Gasteiger partial charge in [-0.3, -0.25) is 0 Å². The number of alkyl halides is 3. The molecule has 1 aromatic heterocycles. The van der Waals surface area contributed by atoms with E-state index in [0.717, 1.165) is 12.1 Å². The standard InChI is InChI=1S/C10H10F3N5/c11-10(12,13)7-3-1-2-6(4-7)5-18-9(15)16-8(14)17-18/h1-4H,5H2,(H4,14,15,16,17). The highest BCUT2D eigenvalue weighted by atomic mass is 19.4. The highest BCUT2D eigenvalue weighted by Gasteiger charge is 2.30. The Morgan fingerprint density at radius 1 is 1.22 bits per heavy atom. The van der Waals surface area contributed by atoms with E-state index in [0.29, 0.717) is 5.56 Å². The average Bonchev–Trinajstić information content (AvgIpc) is 2.56. The summed E-state index contributed by atoms with van der Waals surface area (Å²) < 4.78 is 38.8. The molecular formula is C10H10F3N5. The van der Waals surface area contributed by atoms with Crippen molar-refractivity contribution in [2.24, 2.45) is 0 Å². The quantitative estimate of drug-likeness (QED) is 0.854. The Labute approximate surface area is 100 Å². The zero-order valence-electron chi connectivity index (χ0n) is 9.15.